The maximum absolute atomic E-state index is 2.36. The molecule has 1 unspecified atom stereocenters. The summed E-state index contributed by atoms with van der Waals surface area (Å²) < 4.78 is 0.875. The van der Waals surface area contributed by atoms with Crippen LogP contribution in [0, 0.1) is 10.8 Å². The molecule has 1 aromatic rings. The van der Waals surface area contributed by atoms with Gasteiger partial charge >= 0.3 is 0 Å². The lowest BCUT2D eigenvalue weighted by Crippen LogP contribution is -2.34. The Bertz CT molecular complexity index is 421. The topological polar surface area (TPSA) is 0 Å². The maximum atomic E-state index is 2.36. The van der Waals surface area contributed by atoms with Crippen molar-refractivity contribution in [2.45, 2.75) is 53.9 Å². The van der Waals surface area contributed by atoms with Crippen LogP contribution < -0.4 is 4.48 Å². The molecule has 0 heterocycles. The van der Waals surface area contributed by atoms with Gasteiger partial charge in [0.2, 0.25) is 0 Å². The highest BCUT2D eigenvalue weighted by atomic mass is 15.3. The van der Waals surface area contributed by atoms with Gasteiger partial charge in [-0.25, -0.2) is 0 Å². The number of nitrogens with zero attached hydrogens (tertiary/aromatic N) is 1. The maximum Gasteiger partial charge on any atom is 0.132 e. The van der Waals surface area contributed by atoms with Crippen molar-refractivity contribution in [2.75, 3.05) is 21.1 Å². The molecular weight excluding hydrogens is 242 g/mol. The summed E-state index contributed by atoms with van der Waals surface area (Å²) in [4.78, 5) is 0. The summed E-state index contributed by atoms with van der Waals surface area (Å²) in [6, 6.07) is 9.24. The quantitative estimate of drug-likeness (QED) is 0.644. The van der Waals surface area contributed by atoms with Crippen LogP contribution in [0.3, 0.4) is 0 Å². The van der Waals surface area contributed by atoms with Gasteiger partial charge in [-0.2, -0.15) is 0 Å². The molecule has 0 amide bonds. The molecule has 1 heteroatoms. The van der Waals surface area contributed by atoms with Gasteiger partial charge in [0.1, 0.15) is 5.69 Å². The fourth-order valence-corrected chi connectivity index (χ4v) is 2.69. The first-order valence-electron chi connectivity index (χ1n) is 7.73. The van der Waals surface area contributed by atoms with Crippen LogP contribution in [0.1, 0.15) is 59.4 Å². The van der Waals surface area contributed by atoms with E-state index in [1.54, 1.807) is 0 Å². The van der Waals surface area contributed by atoms with Crippen LogP contribution in [0.4, 0.5) is 5.69 Å². The summed E-state index contributed by atoms with van der Waals surface area (Å²) >= 11 is 0. The van der Waals surface area contributed by atoms with Gasteiger partial charge in [0.25, 0.3) is 0 Å². The summed E-state index contributed by atoms with van der Waals surface area (Å²) in [7, 11) is 6.64. The summed E-state index contributed by atoms with van der Waals surface area (Å²) in [5.41, 5.74) is 3.49. The third-order valence-electron chi connectivity index (χ3n) is 3.93. The fraction of sp³-hybridized carbons (Fsp3) is 0.684. The first kappa shape index (κ1) is 17.2. The van der Waals surface area contributed by atoms with Crippen LogP contribution in [0.25, 0.3) is 0 Å². The van der Waals surface area contributed by atoms with E-state index in [0.717, 1.165) is 4.48 Å². The molecule has 0 aliphatic carbocycles. The van der Waals surface area contributed by atoms with Crippen LogP contribution in [0.2, 0.25) is 0 Å². The Morgan fingerprint density at radius 2 is 1.30 bits per heavy atom. The standard InChI is InChI=1S/C19H34N/c1-18(2,3)14-17(19(4,5)6)15-10-12-16(13-11-15)20(7,8)9/h10-13,17H,14H2,1-9H3/q+1. The summed E-state index contributed by atoms with van der Waals surface area (Å²) in [6.07, 6.45) is 1.22. The van der Waals surface area contributed by atoms with Gasteiger partial charge in [-0.15, -0.1) is 0 Å². The van der Waals surface area contributed by atoms with Gasteiger partial charge in [-0.05, 0) is 40.9 Å². The number of benzene rings is 1. The van der Waals surface area contributed by atoms with Crippen molar-refractivity contribution in [2.24, 2.45) is 10.8 Å². The molecule has 20 heavy (non-hydrogen) atoms. The van der Waals surface area contributed by atoms with E-state index in [-0.39, 0.29) is 0 Å². The second kappa shape index (κ2) is 5.52. The molecule has 0 saturated carbocycles. The smallest absolute Gasteiger partial charge is 0.132 e. The molecule has 0 radical (unpaired) electrons. The lowest BCUT2D eigenvalue weighted by atomic mass is 9.69. The second-order valence-corrected chi connectivity index (χ2v) is 9.29. The Kier molecular flexibility index (Phi) is 4.76. The molecular formula is C19H34N+. The lowest BCUT2D eigenvalue weighted by Gasteiger charge is -2.36. The normalized spacial score (nSPS) is 15.2. The molecule has 0 aliphatic heterocycles. The van der Waals surface area contributed by atoms with Crippen molar-refractivity contribution in [1.29, 1.82) is 0 Å². The van der Waals surface area contributed by atoms with E-state index >= 15 is 0 Å². The van der Waals surface area contributed by atoms with Gasteiger partial charge in [-0.3, -0.25) is 4.48 Å². The average molecular weight is 276 g/mol. The summed E-state index contributed by atoms with van der Waals surface area (Å²) in [5.74, 6) is 0.601. The summed E-state index contributed by atoms with van der Waals surface area (Å²) in [6.45, 7) is 14.1. The molecule has 0 aromatic heterocycles. The minimum Gasteiger partial charge on any atom is -0.298 e. The van der Waals surface area contributed by atoms with Crippen molar-refractivity contribution in [1.82, 2.24) is 4.48 Å². The van der Waals surface area contributed by atoms with E-state index in [1.807, 2.05) is 0 Å². The predicted molar refractivity (Wildman–Crippen MR) is 92.3 cm³/mol. The van der Waals surface area contributed by atoms with Crippen molar-refractivity contribution in [3.05, 3.63) is 29.8 Å². The summed E-state index contributed by atoms with van der Waals surface area (Å²) in [5, 5.41) is 0. The van der Waals surface area contributed by atoms with Gasteiger partial charge in [0, 0.05) is 0 Å². The molecule has 1 atom stereocenters. The molecule has 1 rings (SSSR count). The van der Waals surface area contributed by atoms with Crippen LogP contribution in [0.15, 0.2) is 24.3 Å². The molecule has 0 saturated heterocycles. The van der Waals surface area contributed by atoms with Gasteiger partial charge in [0.15, 0.2) is 0 Å². The minimum absolute atomic E-state index is 0.297. The van der Waals surface area contributed by atoms with E-state index in [9.17, 15) is 0 Å². The van der Waals surface area contributed by atoms with Crippen LogP contribution >= 0.6 is 0 Å². The highest BCUT2D eigenvalue weighted by molar-refractivity contribution is 5.43. The van der Waals surface area contributed by atoms with E-state index in [2.05, 4.69) is 87.0 Å². The minimum atomic E-state index is 0.297. The highest BCUT2D eigenvalue weighted by Gasteiger charge is 2.30. The van der Waals surface area contributed by atoms with E-state index < -0.39 is 0 Å². The SMILES string of the molecule is CC(C)(C)CC(c1ccc([N+](C)(C)C)cc1)C(C)(C)C. The van der Waals surface area contributed by atoms with Gasteiger partial charge in [-0.1, -0.05) is 53.7 Å². The number of hydrogen-bond acceptors (Lipinski definition) is 0. The molecule has 0 N–H and O–H groups in total. The van der Waals surface area contributed by atoms with E-state index in [4.69, 9.17) is 0 Å². The van der Waals surface area contributed by atoms with Gasteiger partial charge < -0.3 is 0 Å². The Hall–Kier alpha value is -0.820. The Morgan fingerprint density at radius 3 is 1.60 bits per heavy atom. The first-order chi connectivity index (χ1) is 8.81. The van der Waals surface area contributed by atoms with E-state index in [1.165, 1.54) is 17.7 Å². The zero-order valence-electron chi connectivity index (χ0n) is 15.0. The van der Waals surface area contributed by atoms with Crippen LogP contribution in [-0.2, 0) is 0 Å². The third kappa shape index (κ3) is 4.94. The fourth-order valence-electron chi connectivity index (χ4n) is 2.69. The van der Waals surface area contributed by atoms with Crippen molar-refractivity contribution in [3.63, 3.8) is 0 Å². The number of rotatable bonds is 3. The zero-order chi connectivity index (χ0) is 15.8. The average Bonchev–Trinajstić information content (AvgIpc) is 2.22. The third-order valence-corrected chi connectivity index (χ3v) is 3.93. The molecule has 0 spiro atoms. The lowest BCUT2D eigenvalue weighted by molar-refractivity contribution is 0.229. The largest absolute Gasteiger partial charge is 0.298 e. The number of hydrogen-bond donors (Lipinski definition) is 0. The Labute approximate surface area is 126 Å². The zero-order valence-corrected chi connectivity index (χ0v) is 15.0. The van der Waals surface area contributed by atoms with Crippen molar-refractivity contribution < 1.29 is 0 Å². The van der Waals surface area contributed by atoms with Crippen molar-refractivity contribution in [3.8, 4) is 0 Å². The van der Waals surface area contributed by atoms with E-state index in [0.29, 0.717) is 16.7 Å². The number of quaternary nitrogens is 1. The van der Waals surface area contributed by atoms with Crippen LogP contribution in [-0.4, -0.2) is 21.1 Å². The molecule has 0 aliphatic rings. The molecule has 1 nitrogen and oxygen atoms in total. The second-order valence-electron chi connectivity index (χ2n) is 9.29. The van der Waals surface area contributed by atoms with Crippen LogP contribution in [0.5, 0.6) is 0 Å². The molecule has 0 fully saturated rings. The highest BCUT2D eigenvalue weighted by Crippen LogP contribution is 2.43. The monoisotopic (exact) mass is 276 g/mol. The Morgan fingerprint density at radius 1 is 0.850 bits per heavy atom. The van der Waals surface area contributed by atoms with Gasteiger partial charge in [0.05, 0.1) is 21.1 Å². The predicted octanol–water partition coefficient (Wildman–Crippen LogP) is 5.45. The molecule has 0 bridgehead atoms. The molecule has 114 valence electrons. The Balaban J connectivity index is 3.10. The van der Waals surface area contributed by atoms with Crippen molar-refractivity contribution >= 4 is 5.69 Å². The molecule has 1 aromatic carbocycles. The first-order valence-corrected chi connectivity index (χ1v) is 7.73.